The lowest BCUT2D eigenvalue weighted by molar-refractivity contribution is 0.273. The number of hydrogen-bond acceptors (Lipinski definition) is 1. The number of benzene rings is 1. The average molecular weight is 182 g/mol. The lowest BCUT2D eigenvalue weighted by atomic mass is 10.0. The normalized spacial score (nSPS) is 10.2. The zero-order valence-electron chi connectivity index (χ0n) is 8.36. The third kappa shape index (κ3) is 2.44. The summed E-state index contributed by atoms with van der Waals surface area (Å²) < 4.78 is 17.0. The van der Waals surface area contributed by atoms with Crippen molar-refractivity contribution in [2.24, 2.45) is 0 Å². The predicted octanol–water partition coefficient (Wildman–Crippen LogP) is 2.96. The number of aryl methyl sites for hydroxylation is 2. The summed E-state index contributed by atoms with van der Waals surface area (Å²) in [7, 11) is 0. The van der Waals surface area contributed by atoms with Crippen LogP contribution in [0.25, 0.3) is 0 Å². The Hall–Kier alpha value is -1.05. The fourth-order valence-electron chi connectivity index (χ4n) is 1.24. The Labute approximate surface area is 78.5 Å². The van der Waals surface area contributed by atoms with Crippen LogP contribution in [0.15, 0.2) is 12.1 Å². The van der Waals surface area contributed by atoms with Crippen LogP contribution in [-0.4, -0.2) is 13.3 Å². The highest BCUT2D eigenvalue weighted by Gasteiger charge is 2.01. The summed E-state index contributed by atoms with van der Waals surface area (Å²) >= 11 is 0. The fraction of sp³-hybridized carbons (Fsp3) is 0.455. The van der Waals surface area contributed by atoms with E-state index in [1.807, 2.05) is 26.0 Å². The first-order valence-corrected chi connectivity index (χ1v) is 4.41. The van der Waals surface area contributed by atoms with Gasteiger partial charge in [0.2, 0.25) is 0 Å². The molecule has 0 aromatic heterocycles. The quantitative estimate of drug-likeness (QED) is 0.698. The molecule has 0 aliphatic rings. The largest absolute Gasteiger partial charge is 0.491 e. The minimum Gasteiger partial charge on any atom is -0.491 e. The van der Waals surface area contributed by atoms with E-state index >= 15 is 0 Å². The summed E-state index contributed by atoms with van der Waals surface area (Å²) in [6.07, 6.45) is 0. The Bertz CT molecular complexity index is 271. The highest BCUT2D eigenvalue weighted by atomic mass is 19.1. The van der Waals surface area contributed by atoms with Crippen molar-refractivity contribution in [3.05, 3.63) is 28.8 Å². The number of hydrogen-bond donors (Lipinski definition) is 0. The molecule has 72 valence electrons. The van der Waals surface area contributed by atoms with Gasteiger partial charge in [-0.3, -0.25) is 0 Å². The van der Waals surface area contributed by atoms with Gasteiger partial charge in [-0.1, -0.05) is 0 Å². The van der Waals surface area contributed by atoms with E-state index in [9.17, 15) is 4.39 Å². The number of rotatable bonds is 3. The van der Waals surface area contributed by atoms with Crippen molar-refractivity contribution in [3.8, 4) is 5.75 Å². The average Bonchev–Trinajstić information content (AvgIpc) is 2.10. The maximum absolute atomic E-state index is 11.8. The molecule has 0 atom stereocenters. The van der Waals surface area contributed by atoms with Crippen LogP contribution in [0.2, 0.25) is 0 Å². The minimum absolute atomic E-state index is 0.141. The van der Waals surface area contributed by atoms with Gasteiger partial charge in [-0.15, -0.1) is 0 Å². The molecule has 1 aromatic carbocycles. The van der Waals surface area contributed by atoms with Crippen LogP contribution in [-0.2, 0) is 0 Å². The molecule has 1 nitrogen and oxygen atoms in total. The molecule has 2 heteroatoms. The molecule has 0 saturated carbocycles. The Morgan fingerprint density at radius 2 is 1.69 bits per heavy atom. The minimum atomic E-state index is -0.439. The van der Waals surface area contributed by atoms with E-state index in [2.05, 4.69) is 6.92 Å². The van der Waals surface area contributed by atoms with Crippen molar-refractivity contribution < 1.29 is 9.13 Å². The standard InChI is InChI=1S/C11H15FO/c1-8-6-11(13-5-4-12)7-9(2)10(8)3/h6-7H,4-5H2,1-3H3. The second-order valence-corrected chi connectivity index (χ2v) is 3.22. The second kappa shape index (κ2) is 4.26. The summed E-state index contributed by atoms with van der Waals surface area (Å²) in [6, 6.07) is 3.88. The zero-order valence-corrected chi connectivity index (χ0v) is 8.36. The molecule has 0 saturated heterocycles. The summed E-state index contributed by atoms with van der Waals surface area (Å²) in [5.41, 5.74) is 3.65. The summed E-state index contributed by atoms with van der Waals surface area (Å²) in [5, 5.41) is 0. The van der Waals surface area contributed by atoms with Crippen molar-refractivity contribution in [2.75, 3.05) is 13.3 Å². The van der Waals surface area contributed by atoms with E-state index in [0.717, 1.165) is 5.75 Å². The van der Waals surface area contributed by atoms with Crippen molar-refractivity contribution in [1.82, 2.24) is 0 Å². The van der Waals surface area contributed by atoms with Crippen molar-refractivity contribution in [3.63, 3.8) is 0 Å². The Kier molecular flexibility index (Phi) is 3.29. The van der Waals surface area contributed by atoms with Crippen LogP contribution in [0.5, 0.6) is 5.75 Å². The van der Waals surface area contributed by atoms with Gasteiger partial charge in [-0.25, -0.2) is 4.39 Å². The van der Waals surface area contributed by atoms with E-state index < -0.39 is 6.67 Å². The number of halogens is 1. The molecule has 1 rings (SSSR count). The number of alkyl halides is 1. The summed E-state index contributed by atoms with van der Waals surface area (Å²) in [6.45, 7) is 5.84. The summed E-state index contributed by atoms with van der Waals surface area (Å²) in [5.74, 6) is 0.762. The second-order valence-electron chi connectivity index (χ2n) is 3.22. The fourth-order valence-corrected chi connectivity index (χ4v) is 1.24. The molecule has 0 bridgehead atoms. The maximum atomic E-state index is 11.8. The van der Waals surface area contributed by atoms with Crippen LogP contribution in [0, 0.1) is 20.8 Å². The third-order valence-electron chi connectivity index (χ3n) is 2.25. The topological polar surface area (TPSA) is 9.23 Å². The molecule has 0 amide bonds. The van der Waals surface area contributed by atoms with Crippen molar-refractivity contribution in [2.45, 2.75) is 20.8 Å². The van der Waals surface area contributed by atoms with Crippen LogP contribution in [0.3, 0.4) is 0 Å². The lowest BCUT2D eigenvalue weighted by Gasteiger charge is -2.09. The molecule has 1 aromatic rings. The Morgan fingerprint density at radius 3 is 2.15 bits per heavy atom. The monoisotopic (exact) mass is 182 g/mol. The van der Waals surface area contributed by atoms with Gasteiger partial charge in [-0.05, 0) is 49.6 Å². The van der Waals surface area contributed by atoms with Crippen LogP contribution < -0.4 is 4.74 Å². The van der Waals surface area contributed by atoms with Gasteiger partial charge in [-0.2, -0.15) is 0 Å². The lowest BCUT2D eigenvalue weighted by Crippen LogP contribution is -2.00. The van der Waals surface area contributed by atoms with Gasteiger partial charge in [0.25, 0.3) is 0 Å². The molecule has 0 aliphatic carbocycles. The van der Waals surface area contributed by atoms with Gasteiger partial charge < -0.3 is 4.74 Å². The van der Waals surface area contributed by atoms with Crippen molar-refractivity contribution >= 4 is 0 Å². The molecule has 0 unspecified atom stereocenters. The predicted molar refractivity (Wildman–Crippen MR) is 52.1 cm³/mol. The first-order valence-electron chi connectivity index (χ1n) is 4.41. The Balaban J connectivity index is 2.86. The zero-order chi connectivity index (χ0) is 9.84. The van der Waals surface area contributed by atoms with Crippen molar-refractivity contribution in [1.29, 1.82) is 0 Å². The van der Waals surface area contributed by atoms with Crippen LogP contribution in [0.1, 0.15) is 16.7 Å². The first kappa shape index (κ1) is 10.0. The molecule has 0 fully saturated rings. The molecule has 0 N–H and O–H groups in total. The van der Waals surface area contributed by atoms with Gasteiger partial charge in [0.1, 0.15) is 19.0 Å². The van der Waals surface area contributed by atoms with Gasteiger partial charge in [0.05, 0.1) is 0 Å². The highest BCUT2D eigenvalue weighted by Crippen LogP contribution is 2.20. The summed E-state index contributed by atoms with van der Waals surface area (Å²) in [4.78, 5) is 0. The van der Waals surface area contributed by atoms with E-state index in [-0.39, 0.29) is 6.61 Å². The van der Waals surface area contributed by atoms with Gasteiger partial charge >= 0.3 is 0 Å². The molecule has 0 aliphatic heterocycles. The highest BCUT2D eigenvalue weighted by molar-refractivity contribution is 5.40. The molecular formula is C11H15FO. The smallest absolute Gasteiger partial charge is 0.123 e. The number of ether oxygens (including phenoxy) is 1. The molecular weight excluding hydrogens is 167 g/mol. The maximum Gasteiger partial charge on any atom is 0.123 e. The molecule has 0 heterocycles. The first-order chi connectivity index (χ1) is 6.15. The SMILES string of the molecule is Cc1cc(OCCF)cc(C)c1C. The molecule has 13 heavy (non-hydrogen) atoms. The van der Waals surface area contributed by atoms with E-state index in [1.165, 1.54) is 16.7 Å². The van der Waals surface area contributed by atoms with Gasteiger partial charge in [0, 0.05) is 0 Å². The van der Waals surface area contributed by atoms with Crippen LogP contribution in [0.4, 0.5) is 4.39 Å². The van der Waals surface area contributed by atoms with E-state index in [1.54, 1.807) is 0 Å². The van der Waals surface area contributed by atoms with Gasteiger partial charge in [0.15, 0.2) is 0 Å². The van der Waals surface area contributed by atoms with E-state index in [4.69, 9.17) is 4.74 Å². The Morgan fingerprint density at radius 1 is 1.15 bits per heavy atom. The molecule has 0 spiro atoms. The third-order valence-corrected chi connectivity index (χ3v) is 2.25. The van der Waals surface area contributed by atoms with E-state index in [0.29, 0.717) is 0 Å². The van der Waals surface area contributed by atoms with Crippen LogP contribution >= 0.6 is 0 Å². The molecule has 0 radical (unpaired) electrons.